The van der Waals surface area contributed by atoms with Crippen molar-refractivity contribution in [2.45, 2.75) is 18.5 Å². The molecule has 0 saturated carbocycles. The largest absolute Gasteiger partial charge is 0.492 e. The third-order valence-electron chi connectivity index (χ3n) is 7.92. The van der Waals surface area contributed by atoms with Crippen LogP contribution in [0.5, 0.6) is 17.2 Å². The first kappa shape index (κ1) is 29.5. The maximum atomic E-state index is 14.3. The lowest BCUT2D eigenvalue weighted by molar-refractivity contribution is -0.136. The van der Waals surface area contributed by atoms with Crippen LogP contribution in [-0.4, -0.2) is 60.4 Å². The number of benzene rings is 4. The normalized spacial score (nSPS) is 16.6. The van der Waals surface area contributed by atoms with Gasteiger partial charge in [-0.25, -0.2) is 4.79 Å². The van der Waals surface area contributed by atoms with Crippen molar-refractivity contribution in [2.24, 2.45) is 0 Å². The predicted octanol–water partition coefficient (Wildman–Crippen LogP) is 5.08. The summed E-state index contributed by atoms with van der Waals surface area (Å²) < 4.78 is 11.8. The number of ether oxygens (including phenoxy) is 2. The first-order valence-corrected chi connectivity index (χ1v) is 14.9. The summed E-state index contributed by atoms with van der Waals surface area (Å²) in [5.41, 5.74) is 2.63. The van der Waals surface area contributed by atoms with E-state index in [1.165, 1.54) is 4.90 Å². The molecule has 4 aromatic rings. The van der Waals surface area contributed by atoms with Crippen molar-refractivity contribution in [3.05, 3.63) is 138 Å². The molecule has 2 atom stereocenters. The van der Waals surface area contributed by atoms with E-state index in [2.05, 4.69) is 10.6 Å². The number of nitrogens with zero attached hydrogens (tertiary/aromatic N) is 2. The number of likely N-dealkylation sites (N-methyl/N-ethyl adjacent to an activating group) is 1. The van der Waals surface area contributed by atoms with Gasteiger partial charge in [-0.1, -0.05) is 78.9 Å². The smallest absolute Gasteiger partial charge is 0.322 e. The highest BCUT2D eigenvalue weighted by Crippen LogP contribution is 2.38. The van der Waals surface area contributed by atoms with Gasteiger partial charge in [0.2, 0.25) is 5.91 Å². The van der Waals surface area contributed by atoms with Gasteiger partial charge in [-0.15, -0.1) is 0 Å². The summed E-state index contributed by atoms with van der Waals surface area (Å²) in [6.45, 7) is 0.673. The Bertz CT molecular complexity index is 1690. The van der Waals surface area contributed by atoms with E-state index in [1.54, 1.807) is 11.9 Å². The summed E-state index contributed by atoms with van der Waals surface area (Å²) in [6.07, 6.45) is 0.314. The molecule has 0 aliphatic carbocycles. The molecule has 2 N–H and O–H groups in total. The summed E-state index contributed by atoms with van der Waals surface area (Å²) in [5.74, 6) is 1.38. The fraction of sp³-hybridized carbons (Fsp3) is 0.194. The molecule has 9 nitrogen and oxygen atoms in total. The molecular formula is C36H34N4O5. The van der Waals surface area contributed by atoms with E-state index in [0.29, 0.717) is 40.5 Å². The van der Waals surface area contributed by atoms with Crippen molar-refractivity contribution in [3.8, 4) is 17.2 Å². The molecule has 6 rings (SSSR count). The Morgan fingerprint density at radius 1 is 0.867 bits per heavy atom. The van der Waals surface area contributed by atoms with E-state index in [-0.39, 0.29) is 37.5 Å². The number of nitrogens with one attached hydrogen (secondary N) is 2. The third kappa shape index (κ3) is 6.67. The van der Waals surface area contributed by atoms with Crippen molar-refractivity contribution < 1.29 is 23.9 Å². The zero-order valence-electron chi connectivity index (χ0n) is 24.9. The number of hydrogen-bond acceptors (Lipinski definition) is 5. The number of carbonyl (C=O) groups is 3. The van der Waals surface area contributed by atoms with Crippen LogP contribution in [0.2, 0.25) is 0 Å². The molecule has 0 fully saturated rings. The zero-order chi connectivity index (χ0) is 31.2. The van der Waals surface area contributed by atoms with Crippen LogP contribution in [0, 0.1) is 0 Å². The Hall–Kier alpha value is -5.57. The average Bonchev–Trinajstić information content (AvgIpc) is 3.41. The van der Waals surface area contributed by atoms with Crippen molar-refractivity contribution in [3.63, 3.8) is 0 Å². The fourth-order valence-electron chi connectivity index (χ4n) is 5.63. The molecule has 2 aliphatic rings. The van der Waals surface area contributed by atoms with E-state index in [0.717, 1.165) is 5.56 Å². The van der Waals surface area contributed by atoms with E-state index in [1.807, 2.05) is 115 Å². The zero-order valence-corrected chi connectivity index (χ0v) is 24.9. The van der Waals surface area contributed by atoms with Gasteiger partial charge in [0, 0.05) is 13.5 Å². The third-order valence-corrected chi connectivity index (χ3v) is 7.92. The van der Waals surface area contributed by atoms with E-state index in [9.17, 15) is 14.4 Å². The lowest BCUT2D eigenvalue weighted by Gasteiger charge is -2.31. The summed E-state index contributed by atoms with van der Waals surface area (Å²) in [5, 5.41) is 5.94. The number of carbonyl (C=O) groups excluding carboxylic acids is 3. The van der Waals surface area contributed by atoms with Gasteiger partial charge in [0.1, 0.15) is 29.9 Å². The second-order valence-corrected chi connectivity index (χ2v) is 10.9. The first-order chi connectivity index (χ1) is 22.0. The van der Waals surface area contributed by atoms with Crippen LogP contribution in [0.4, 0.5) is 4.79 Å². The van der Waals surface area contributed by atoms with Crippen molar-refractivity contribution in [1.82, 2.24) is 20.4 Å². The molecule has 0 aromatic heterocycles. The van der Waals surface area contributed by atoms with Crippen LogP contribution in [0.3, 0.4) is 0 Å². The lowest BCUT2D eigenvalue weighted by atomic mass is 9.95. The molecule has 4 amide bonds. The maximum Gasteiger partial charge on any atom is 0.322 e. The monoisotopic (exact) mass is 602 g/mol. The molecule has 4 aromatic carbocycles. The quantitative estimate of drug-likeness (QED) is 0.234. The molecule has 228 valence electrons. The highest BCUT2D eigenvalue weighted by atomic mass is 16.5. The number of urea groups is 1. The minimum Gasteiger partial charge on any atom is -0.492 e. The average molecular weight is 603 g/mol. The van der Waals surface area contributed by atoms with Gasteiger partial charge in [0.05, 0.1) is 30.4 Å². The molecule has 0 saturated heterocycles. The van der Waals surface area contributed by atoms with Gasteiger partial charge in [-0.3, -0.25) is 14.5 Å². The Morgan fingerprint density at radius 3 is 2.22 bits per heavy atom. The van der Waals surface area contributed by atoms with Crippen LogP contribution in [0.15, 0.2) is 127 Å². The predicted molar refractivity (Wildman–Crippen MR) is 170 cm³/mol. The Kier molecular flexibility index (Phi) is 8.77. The molecule has 45 heavy (non-hydrogen) atoms. The number of rotatable bonds is 11. The molecular weight excluding hydrogens is 568 g/mol. The number of amides is 4. The van der Waals surface area contributed by atoms with Gasteiger partial charge in [-0.05, 0) is 47.5 Å². The standard InChI is InChI=1S/C36H34N4O5/c1-39-31-24-40(30(22-25-12-5-2-6-13-25)34(41)37-20-21-44-27-15-7-3-8-16-27)35(42)32(31)33(38-36(39)43)26-14-11-19-29(23-26)45-28-17-9-4-10-18-28/h2-19,23,30,33H,20-22,24H2,1H3,(H,37,41)(H,38,43)/t30-,33+/m0/s1. The molecule has 2 aliphatic heterocycles. The second kappa shape index (κ2) is 13.4. The summed E-state index contributed by atoms with van der Waals surface area (Å²) in [6, 6.07) is 33.9. The lowest BCUT2D eigenvalue weighted by Crippen LogP contribution is -2.50. The Morgan fingerprint density at radius 2 is 1.51 bits per heavy atom. The first-order valence-electron chi connectivity index (χ1n) is 14.9. The van der Waals surface area contributed by atoms with Crippen molar-refractivity contribution in [1.29, 1.82) is 0 Å². The van der Waals surface area contributed by atoms with Gasteiger partial charge in [0.25, 0.3) is 5.91 Å². The van der Waals surface area contributed by atoms with E-state index < -0.39 is 12.1 Å². The maximum absolute atomic E-state index is 14.3. The van der Waals surface area contributed by atoms with Gasteiger partial charge >= 0.3 is 6.03 Å². The van der Waals surface area contributed by atoms with Gasteiger partial charge in [0.15, 0.2) is 0 Å². The van der Waals surface area contributed by atoms with Crippen molar-refractivity contribution >= 4 is 17.8 Å². The Balaban J connectivity index is 1.24. The van der Waals surface area contributed by atoms with Gasteiger partial charge < -0.3 is 25.0 Å². The van der Waals surface area contributed by atoms with Crippen LogP contribution in [0.1, 0.15) is 17.2 Å². The topological polar surface area (TPSA) is 100 Å². The molecule has 9 heteroatoms. The highest BCUT2D eigenvalue weighted by molar-refractivity contribution is 6.03. The Labute approximate surface area is 262 Å². The van der Waals surface area contributed by atoms with Gasteiger partial charge in [-0.2, -0.15) is 0 Å². The minimum atomic E-state index is -0.806. The van der Waals surface area contributed by atoms with Crippen LogP contribution < -0.4 is 20.1 Å². The minimum absolute atomic E-state index is 0.125. The molecule has 0 bridgehead atoms. The summed E-state index contributed by atoms with van der Waals surface area (Å²) >= 11 is 0. The van der Waals surface area contributed by atoms with E-state index >= 15 is 0 Å². The summed E-state index contributed by atoms with van der Waals surface area (Å²) in [4.78, 5) is 44.1. The second-order valence-electron chi connectivity index (χ2n) is 10.9. The number of hydrogen-bond donors (Lipinski definition) is 2. The SMILES string of the molecule is CN1C(=O)N[C@H](c2cccc(Oc3ccccc3)c2)C2=C1CN([C@@H](Cc1ccccc1)C(=O)NCCOc1ccccc1)C2=O. The van der Waals surface area contributed by atoms with Crippen LogP contribution in [0.25, 0.3) is 0 Å². The van der Waals surface area contributed by atoms with Crippen LogP contribution in [-0.2, 0) is 16.0 Å². The fourth-order valence-corrected chi connectivity index (χ4v) is 5.63. The summed E-state index contributed by atoms with van der Waals surface area (Å²) in [7, 11) is 1.64. The van der Waals surface area contributed by atoms with E-state index in [4.69, 9.17) is 9.47 Å². The molecule has 0 unspecified atom stereocenters. The van der Waals surface area contributed by atoms with Crippen LogP contribution >= 0.6 is 0 Å². The molecule has 0 radical (unpaired) electrons. The molecule has 0 spiro atoms. The highest BCUT2D eigenvalue weighted by Gasteiger charge is 2.46. The van der Waals surface area contributed by atoms with Crippen molar-refractivity contribution in [2.75, 3.05) is 26.7 Å². The number of para-hydroxylation sites is 2. The molecule has 2 heterocycles.